The van der Waals surface area contributed by atoms with E-state index in [1.165, 1.54) is 13.0 Å². The summed E-state index contributed by atoms with van der Waals surface area (Å²) in [5.74, 6) is 1.82. The Morgan fingerprint density at radius 3 is 2.50 bits per heavy atom. The molecule has 4 heteroatoms. The molecule has 106 valence electrons. The van der Waals surface area contributed by atoms with E-state index in [0.29, 0.717) is 17.5 Å². The maximum absolute atomic E-state index is 11.5. The Kier molecular flexibility index (Phi) is 4.84. The molecule has 0 spiro atoms. The molecule has 2 aliphatic rings. The largest absolute Gasteiger partial charge is 0.312 e. The lowest BCUT2D eigenvalue weighted by Gasteiger charge is -2.38. The number of rotatable bonds is 1. The first-order valence-corrected chi connectivity index (χ1v) is 8.78. The molecule has 18 heavy (non-hydrogen) atoms. The van der Waals surface area contributed by atoms with Gasteiger partial charge in [-0.1, -0.05) is 20.8 Å². The smallest absolute Gasteiger partial charge is 0.0249 e. The van der Waals surface area contributed by atoms with Gasteiger partial charge in [-0.3, -0.25) is 9.11 Å². The van der Waals surface area contributed by atoms with Crippen LogP contribution in [0.15, 0.2) is 0 Å². The third-order valence-electron chi connectivity index (χ3n) is 4.35. The lowest BCUT2D eigenvalue weighted by Crippen LogP contribution is -2.49. The van der Waals surface area contributed by atoms with Crippen LogP contribution >= 0.6 is 0 Å². The lowest BCUT2D eigenvalue weighted by atomic mass is 9.86. The predicted molar refractivity (Wildman–Crippen MR) is 78.3 cm³/mol. The number of nitrogens with zero attached hydrogens (tertiary/aromatic N) is 1. The van der Waals surface area contributed by atoms with Crippen LogP contribution in [0.1, 0.15) is 40.0 Å². The second kappa shape index (κ2) is 6.02. The number of hydrogen-bond acceptors (Lipinski definition) is 3. The normalized spacial score (nSPS) is 36.3. The highest BCUT2D eigenvalue weighted by molar-refractivity contribution is 7.85. The van der Waals surface area contributed by atoms with Gasteiger partial charge in [0.1, 0.15) is 0 Å². The number of nitrogens with one attached hydrogen (secondary N) is 1. The Morgan fingerprint density at radius 1 is 1.22 bits per heavy atom. The van der Waals surface area contributed by atoms with Gasteiger partial charge in [0.15, 0.2) is 0 Å². The van der Waals surface area contributed by atoms with Crippen molar-refractivity contribution in [3.63, 3.8) is 0 Å². The third kappa shape index (κ3) is 3.78. The van der Waals surface area contributed by atoms with Gasteiger partial charge in [-0.25, -0.2) is 0 Å². The minimum Gasteiger partial charge on any atom is -0.312 e. The summed E-state index contributed by atoms with van der Waals surface area (Å²) >= 11 is 0. The zero-order valence-electron chi connectivity index (χ0n) is 12.1. The van der Waals surface area contributed by atoms with E-state index in [1.807, 2.05) is 0 Å². The van der Waals surface area contributed by atoms with E-state index in [9.17, 15) is 4.21 Å². The molecule has 2 heterocycles. The van der Waals surface area contributed by atoms with Gasteiger partial charge >= 0.3 is 0 Å². The average Bonchev–Trinajstić information content (AvgIpc) is 2.55. The molecule has 0 amide bonds. The summed E-state index contributed by atoms with van der Waals surface area (Å²) in [6, 6.07) is 1.25. The van der Waals surface area contributed by atoms with Crippen LogP contribution < -0.4 is 5.32 Å². The topological polar surface area (TPSA) is 32.3 Å². The first kappa shape index (κ1) is 14.5. The molecular weight excluding hydrogens is 244 g/mol. The molecule has 1 atom stereocenters. The van der Waals surface area contributed by atoms with E-state index in [-0.39, 0.29) is 0 Å². The van der Waals surface area contributed by atoms with Gasteiger partial charge in [0, 0.05) is 40.9 Å². The van der Waals surface area contributed by atoms with E-state index in [0.717, 1.165) is 37.4 Å². The van der Waals surface area contributed by atoms with Crippen molar-refractivity contribution in [1.29, 1.82) is 0 Å². The summed E-state index contributed by atoms with van der Waals surface area (Å²) in [6.45, 7) is 10.5. The third-order valence-corrected chi connectivity index (χ3v) is 5.73. The predicted octanol–water partition coefficient (Wildman–Crippen LogP) is 1.61. The highest BCUT2D eigenvalue weighted by Crippen LogP contribution is 2.25. The van der Waals surface area contributed by atoms with E-state index < -0.39 is 10.8 Å². The summed E-state index contributed by atoms with van der Waals surface area (Å²) in [5.41, 5.74) is 0.320. The molecule has 0 aromatic heterocycles. The zero-order valence-corrected chi connectivity index (χ0v) is 12.9. The van der Waals surface area contributed by atoms with Crippen LogP contribution in [0.2, 0.25) is 0 Å². The average molecular weight is 272 g/mol. The Balaban J connectivity index is 1.96. The molecule has 2 aliphatic heterocycles. The molecule has 0 aliphatic carbocycles. The van der Waals surface area contributed by atoms with Crippen molar-refractivity contribution in [2.24, 2.45) is 5.41 Å². The molecule has 2 rings (SSSR count). The molecule has 0 bridgehead atoms. The standard InChI is InChI=1S/C14H28N2OS/c1-14(2,3)13-11-16(8-4-7-15-13)12-5-9-18(17)10-6-12/h12-13,15H,4-11H2,1-3H3. The van der Waals surface area contributed by atoms with Crippen molar-refractivity contribution in [2.45, 2.75) is 52.1 Å². The van der Waals surface area contributed by atoms with Crippen LogP contribution in [0, 0.1) is 5.41 Å². The highest BCUT2D eigenvalue weighted by atomic mass is 32.2. The second-order valence-corrected chi connectivity index (χ2v) is 8.50. The van der Waals surface area contributed by atoms with Crippen molar-refractivity contribution in [3.05, 3.63) is 0 Å². The SMILES string of the molecule is CC(C)(C)C1CN(C2CCS(=O)CC2)CCCN1. The minimum atomic E-state index is -0.538. The van der Waals surface area contributed by atoms with Crippen LogP contribution in [0.4, 0.5) is 0 Å². The van der Waals surface area contributed by atoms with E-state index >= 15 is 0 Å². The molecule has 0 aromatic rings. The summed E-state index contributed by atoms with van der Waals surface area (Å²) in [6.07, 6.45) is 3.50. The molecule has 1 unspecified atom stereocenters. The molecule has 2 saturated heterocycles. The van der Waals surface area contributed by atoms with Crippen molar-refractivity contribution in [3.8, 4) is 0 Å². The van der Waals surface area contributed by atoms with Crippen molar-refractivity contribution in [2.75, 3.05) is 31.1 Å². The first-order valence-electron chi connectivity index (χ1n) is 7.29. The fraction of sp³-hybridized carbons (Fsp3) is 1.00. The van der Waals surface area contributed by atoms with Crippen LogP contribution in [-0.2, 0) is 10.8 Å². The first-order chi connectivity index (χ1) is 8.47. The van der Waals surface area contributed by atoms with Crippen molar-refractivity contribution in [1.82, 2.24) is 10.2 Å². The Hall–Kier alpha value is 0.0700. The Morgan fingerprint density at radius 2 is 1.89 bits per heavy atom. The van der Waals surface area contributed by atoms with Crippen molar-refractivity contribution >= 4 is 10.8 Å². The quantitative estimate of drug-likeness (QED) is 0.787. The monoisotopic (exact) mass is 272 g/mol. The van der Waals surface area contributed by atoms with Gasteiger partial charge in [-0.05, 0) is 37.8 Å². The summed E-state index contributed by atoms with van der Waals surface area (Å²) in [5, 5.41) is 3.70. The van der Waals surface area contributed by atoms with Crippen LogP contribution in [0.5, 0.6) is 0 Å². The van der Waals surface area contributed by atoms with Crippen LogP contribution in [-0.4, -0.2) is 52.3 Å². The molecule has 0 radical (unpaired) electrons. The van der Waals surface area contributed by atoms with Gasteiger partial charge in [0.25, 0.3) is 0 Å². The molecule has 0 saturated carbocycles. The molecule has 1 N–H and O–H groups in total. The van der Waals surface area contributed by atoms with Gasteiger partial charge in [0.2, 0.25) is 0 Å². The fourth-order valence-electron chi connectivity index (χ4n) is 3.01. The van der Waals surface area contributed by atoms with Crippen LogP contribution in [0.25, 0.3) is 0 Å². The number of hydrogen-bond donors (Lipinski definition) is 1. The molecule has 0 aromatic carbocycles. The van der Waals surface area contributed by atoms with Gasteiger partial charge in [-0.15, -0.1) is 0 Å². The van der Waals surface area contributed by atoms with E-state index in [4.69, 9.17) is 0 Å². The molecule has 2 fully saturated rings. The highest BCUT2D eigenvalue weighted by Gasteiger charge is 2.32. The van der Waals surface area contributed by atoms with Gasteiger partial charge < -0.3 is 5.32 Å². The summed E-state index contributed by atoms with van der Waals surface area (Å²) < 4.78 is 11.5. The zero-order chi connectivity index (χ0) is 13.2. The Labute approximate surface area is 114 Å². The minimum absolute atomic E-state index is 0.320. The summed E-state index contributed by atoms with van der Waals surface area (Å²) in [4.78, 5) is 2.66. The van der Waals surface area contributed by atoms with E-state index in [2.05, 4.69) is 31.0 Å². The van der Waals surface area contributed by atoms with Crippen LogP contribution in [0.3, 0.4) is 0 Å². The van der Waals surface area contributed by atoms with Crippen molar-refractivity contribution < 1.29 is 4.21 Å². The van der Waals surface area contributed by atoms with Gasteiger partial charge in [-0.2, -0.15) is 0 Å². The Bertz CT molecular complexity index is 291. The maximum atomic E-state index is 11.5. The van der Waals surface area contributed by atoms with Gasteiger partial charge in [0.05, 0.1) is 0 Å². The lowest BCUT2D eigenvalue weighted by molar-refractivity contribution is 0.146. The molecule has 3 nitrogen and oxygen atoms in total. The molecular formula is C14H28N2OS. The second-order valence-electron chi connectivity index (χ2n) is 6.80. The summed E-state index contributed by atoms with van der Waals surface area (Å²) in [7, 11) is -0.538. The maximum Gasteiger partial charge on any atom is 0.0249 e. The van der Waals surface area contributed by atoms with E-state index in [1.54, 1.807) is 0 Å². The fourth-order valence-corrected chi connectivity index (χ4v) is 4.28.